The quantitative estimate of drug-likeness (QED) is 0.849. The van der Waals surface area contributed by atoms with Crippen LogP contribution in [0.4, 0.5) is 0 Å². The summed E-state index contributed by atoms with van der Waals surface area (Å²) in [7, 11) is 1.85. The van der Waals surface area contributed by atoms with Crippen molar-refractivity contribution in [3.8, 4) is 0 Å². The highest BCUT2D eigenvalue weighted by Gasteiger charge is 2.48. The summed E-state index contributed by atoms with van der Waals surface area (Å²) in [5.41, 5.74) is -0.349. The third kappa shape index (κ3) is 2.84. The Morgan fingerprint density at radius 3 is 3.00 bits per heavy atom. The average Bonchev–Trinajstić information content (AvgIpc) is 3.10. The fraction of sp³-hybridized carbons (Fsp3) is 0.667. The first-order valence-corrected chi connectivity index (χ1v) is 8.02. The maximum Gasteiger partial charge on any atom is 0.230 e. The predicted octanol–water partition coefficient (Wildman–Crippen LogP) is 1.73. The second-order valence-electron chi connectivity index (χ2n) is 6.29. The van der Waals surface area contributed by atoms with Crippen LogP contribution in [-0.2, 0) is 16.0 Å². The van der Waals surface area contributed by atoms with Crippen molar-refractivity contribution in [2.24, 2.45) is 5.41 Å². The van der Waals surface area contributed by atoms with E-state index in [0.717, 1.165) is 25.8 Å². The van der Waals surface area contributed by atoms with Crippen molar-refractivity contribution < 1.29 is 14.1 Å². The van der Waals surface area contributed by atoms with Crippen LogP contribution < -0.4 is 0 Å². The summed E-state index contributed by atoms with van der Waals surface area (Å²) in [5, 5.41) is 3.90. The molecule has 0 aromatic carbocycles. The first kappa shape index (κ1) is 15.3. The van der Waals surface area contributed by atoms with E-state index in [1.165, 1.54) is 0 Å². The first-order chi connectivity index (χ1) is 10.5. The van der Waals surface area contributed by atoms with Gasteiger partial charge >= 0.3 is 0 Å². The molecule has 2 aliphatic heterocycles. The number of nitrogens with zero attached hydrogens (tertiary/aromatic N) is 3. The summed E-state index contributed by atoms with van der Waals surface area (Å²) in [6, 6.07) is 1.62. The number of hydrogen-bond donors (Lipinski definition) is 0. The molecule has 1 unspecified atom stereocenters. The molecule has 2 fully saturated rings. The lowest BCUT2D eigenvalue weighted by Crippen LogP contribution is -2.48. The molecule has 120 valence electrons. The van der Waals surface area contributed by atoms with Gasteiger partial charge in [-0.05, 0) is 19.3 Å². The smallest absolute Gasteiger partial charge is 0.230 e. The van der Waals surface area contributed by atoms with Crippen molar-refractivity contribution in [2.45, 2.75) is 32.1 Å². The number of halogens is 1. The molecule has 1 spiro atoms. The molecule has 22 heavy (non-hydrogen) atoms. The van der Waals surface area contributed by atoms with Gasteiger partial charge in [-0.15, -0.1) is 0 Å². The van der Waals surface area contributed by atoms with Crippen molar-refractivity contribution >= 4 is 23.4 Å². The van der Waals surface area contributed by atoms with Gasteiger partial charge in [0.05, 0.1) is 5.41 Å². The Hall–Kier alpha value is -1.56. The lowest BCUT2D eigenvalue weighted by Gasteiger charge is -2.37. The normalized spacial score (nSPS) is 25.3. The highest BCUT2D eigenvalue weighted by atomic mass is 35.5. The Balaban J connectivity index is 1.57. The van der Waals surface area contributed by atoms with Gasteiger partial charge < -0.3 is 14.3 Å². The molecular weight excluding hydrogens is 306 g/mol. The van der Waals surface area contributed by atoms with E-state index in [1.807, 2.05) is 11.9 Å². The van der Waals surface area contributed by atoms with Crippen LogP contribution in [0.25, 0.3) is 0 Å². The monoisotopic (exact) mass is 325 g/mol. The summed E-state index contributed by atoms with van der Waals surface area (Å²) in [6.07, 6.45) is 3.51. The SMILES string of the molecule is CN1CCCC2(CCN(C(=O)CCc3cc(Cl)no3)C2)C1=O. The Kier molecular flexibility index (Phi) is 4.12. The van der Waals surface area contributed by atoms with Gasteiger partial charge in [0.25, 0.3) is 0 Å². The lowest BCUT2D eigenvalue weighted by molar-refractivity contribution is -0.144. The molecule has 2 aliphatic rings. The molecule has 1 aromatic rings. The zero-order valence-electron chi connectivity index (χ0n) is 12.7. The van der Waals surface area contributed by atoms with E-state index in [0.29, 0.717) is 36.8 Å². The molecule has 2 amide bonds. The van der Waals surface area contributed by atoms with E-state index < -0.39 is 0 Å². The minimum Gasteiger partial charge on any atom is -0.360 e. The first-order valence-electron chi connectivity index (χ1n) is 7.65. The van der Waals surface area contributed by atoms with Gasteiger partial charge in [0, 0.05) is 45.6 Å². The minimum atomic E-state index is -0.349. The third-order valence-corrected chi connectivity index (χ3v) is 4.95. The summed E-state index contributed by atoms with van der Waals surface area (Å²) in [4.78, 5) is 28.4. The van der Waals surface area contributed by atoms with Gasteiger partial charge in [-0.1, -0.05) is 16.8 Å². The van der Waals surface area contributed by atoms with E-state index in [-0.39, 0.29) is 17.2 Å². The maximum absolute atomic E-state index is 12.4. The van der Waals surface area contributed by atoms with Gasteiger partial charge in [-0.25, -0.2) is 0 Å². The molecule has 0 N–H and O–H groups in total. The summed E-state index contributed by atoms with van der Waals surface area (Å²) < 4.78 is 5.00. The summed E-state index contributed by atoms with van der Waals surface area (Å²) >= 11 is 5.69. The summed E-state index contributed by atoms with van der Waals surface area (Å²) in [5.74, 6) is 0.863. The van der Waals surface area contributed by atoms with Crippen LogP contribution >= 0.6 is 11.6 Å². The highest BCUT2D eigenvalue weighted by molar-refractivity contribution is 6.29. The number of carbonyl (C=O) groups excluding carboxylic acids is 2. The number of rotatable bonds is 3. The number of carbonyl (C=O) groups is 2. The highest BCUT2D eigenvalue weighted by Crippen LogP contribution is 2.39. The molecular formula is C15H20ClN3O3. The van der Waals surface area contributed by atoms with Crippen LogP contribution in [-0.4, -0.2) is 53.5 Å². The topological polar surface area (TPSA) is 66.7 Å². The Bertz CT molecular complexity index is 588. The van der Waals surface area contributed by atoms with E-state index >= 15 is 0 Å². The van der Waals surface area contributed by atoms with Gasteiger partial charge in [0.1, 0.15) is 5.76 Å². The van der Waals surface area contributed by atoms with Crippen LogP contribution in [0.5, 0.6) is 0 Å². The van der Waals surface area contributed by atoms with Crippen molar-refractivity contribution in [3.05, 3.63) is 17.0 Å². The van der Waals surface area contributed by atoms with Crippen LogP contribution in [0.15, 0.2) is 10.6 Å². The van der Waals surface area contributed by atoms with E-state index in [2.05, 4.69) is 5.16 Å². The molecule has 3 rings (SSSR count). The zero-order chi connectivity index (χ0) is 15.7. The molecule has 6 nitrogen and oxygen atoms in total. The number of aryl methyl sites for hydroxylation is 1. The van der Waals surface area contributed by atoms with E-state index in [1.54, 1.807) is 11.0 Å². The van der Waals surface area contributed by atoms with Crippen LogP contribution in [0.1, 0.15) is 31.4 Å². The van der Waals surface area contributed by atoms with Crippen molar-refractivity contribution in [1.82, 2.24) is 15.0 Å². The fourth-order valence-electron chi connectivity index (χ4n) is 3.53. The third-order valence-electron chi connectivity index (χ3n) is 4.77. The Morgan fingerprint density at radius 1 is 1.45 bits per heavy atom. The van der Waals surface area contributed by atoms with E-state index in [9.17, 15) is 9.59 Å². The number of amides is 2. The second-order valence-corrected chi connectivity index (χ2v) is 6.68. The van der Waals surface area contributed by atoms with E-state index in [4.69, 9.17) is 16.1 Å². The van der Waals surface area contributed by atoms with Crippen LogP contribution in [0.2, 0.25) is 5.15 Å². The molecule has 0 radical (unpaired) electrons. The second kappa shape index (κ2) is 5.91. The van der Waals surface area contributed by atoms with Crippen LogP contribution in [0.3, 0.4) is 0 Å². The largest absolute Gasteiger partial charge is 0.360 e. The summed E-state index contributed by atoms with van der Waals surface area (Å²) in [6.45, 7) is 2.03. The Labute approximate surface area is 134 Å². The number of hydrogen-bond acceptors (Lipinski definition) is 4. The number of piperidine rings is 1. The van der Waals surface area contributed by atoms with Gasteiger partial charge in [-0.3, -0.25) is 9.59 Å². The van der Waals surface area contributed by atoms with Gasteiger partial charge in [-0.2, -0.15) is 0 Å². The molecule has 1 aromatic heterocycles. The molecule has 1 atom stereocenters. The molecule has 3 heterocycles. The standard InChI is InChI=1S/C15H20ClN3O3/c1-18-7-2-5-15(14(18)21)6-8-19(10-15)13(20)4-3-11-9-12(16)17-22-11/h9H,2-8,10H2,1H3. The average molecular weight is 326 g/mol. The minimum absolute atomic E-state index is 0.0606. The number of likely N-dealkylation sites (tertiary alicyclic amines) is 2. The molecule has 0 aliphatic carbocycles. The van der Waals surface area contributed by atoms with Crippen molar-refractivity contribution in [1.29, 1.82) is 0 Å². The molecule has 0 saturated carbocycles. The lowest BCUT2D eigenvalue weighted by atomic mass is 9.78. The van der Waals surface area contributed by atoms with Crippen LogP contribution in [0, 0.1) is 5.41 Å². The van der Waals surface area contributed by atoms with Crippen molar-refractivity contribution in [2.75, 3.05) is 26.7 Å². The molecule has 7 heteroatoms. The predicted molar refractivity (Wildman–Crippen MR) is 80.3 cm³/mol. The van der Waals surface area contributed by atoms with Gasteiger partial charge in [0.15, 0.2) is 5.15 Å². The molecule has 0 bridgehead atoms. The van der Waals surface area contributed by atoms with Gasteiger partial charge in [0.2, 0.25) is 11.8 Å². The maximum atomic E-state index is 12.4. The van der Waals surface area contributed by atoms with Crippen molar-refractivity contribution in [3.63, 3.8) is 0 Å². The number of aromatic nitrogens is 1. The molecule has 2 saturated heterocycles. The Morgan fingerprint density at radius 2 is 2.27 bits per heavy atom. The fourth-order valence-corrected chi connectivity index (χ4v) is 3.68. The zero-order valence-corrected chi connectivity index (χ0v) is 13.4.